The molecule has 0 fully saturated rings. The van der Waals surface area contributed by atoms with Crippen molar-refractivity contribution in [2.45, 2.75) is 31.9 Å². The molecule has 1 aromatic heterocycles. The molecule has 1 aromatic carbocycles. The van der Waals surface area contributed by atoms with Crippen LogP contribution in [0.1, 0.15) is 36.1 Å². The van der Waals surface area contributed by atoms with Crippen LogP contribution < -0.4 is 5.32 Å². The molecule has 4 heteroatoms. The third-order valence-corrected chi connectivity index (χ3v) is 4.89. The number of thiazole rings is 1. The summed E-state index contributed by atoms with van der Waals surface area (Å²) in [5.41, 5.74) is 2.61. The van der Waals surface area contributed by atoms with Gasteiger partial charge in [0.05, 0.1) is 18.2 Å². The van der Waals surface area contributed by atoms with Crippen molar-refractivity contribution in [3.63, 3.8) is 0 Å². The van der Waals surface area contributed by atoms with Crippen molar-refractivity contribution in [1.29, 1.82) is 0 Å². The minimum atomic E-state index is -0.121. The predicted molar refractivity (Wildman–Crippen MR) is 82.0 cm³/mol. The van der Waals surface area contributed by atoms with Gasteiger partial charge >= 0.3 is 0 Å². The summed E-state index contributed by atoms with van der Waals surface area (Å²) in [6, 6.07) is 8.58. The Labute approximate surface area is 124 Å². The molecular weight excluding hydrogens is 268 g/mol. The Morgan fingerprint density at radius 3 is 3.05 bits per heavy atom. The van der Waals surface area contributed by atoms with Gasteiger partial charge in [0.1, 0.15) is 5.01 Å². The lowest BCUT2D eigenvalue weighted by Crippen LogP contribution is -2.40. The third kappa shape index (κ3) is 2.77. The van der Waals surface area contributed by atoms with E-state index in [1.807, 2.05) is 11.6 Å². The number of benzene rings is 1. The Bertz CT molecular complexity index is 566. The zero-order valence-electron chi connectivity index (χ0n) is 11.9. The van der Waals surface area contributed by atoms with Crippen LogP contribution in [0, 0.1) is 0 Å². The molecule has 0 aliphatic carbocycles. The highest BCUT2D eigenvalue weighted by atomic mass is 32.1. The summed E-state index contributed by atoms with van der Waals surface area (Å²) < 4.78 is 5.94. The lowest BCUT2D eigenvalue weighted by atomic mass is 9.96. The number of aromatic nitrogens is 1. The molecule has 3 nitrogen and oxygen atoms in total. The first-order valence-electron chi connectivity index (χ1n) is 7.01. The van der Waals surface area contributed by atoms with Crippen molar-refractivity contribution < 1.29 is 4.74 Å². The molecule has 0 saturated carbocycles. The standard InChI is InChI=1S/C16H20N2OS/c1-16(2,15-17-8-10-20-15)18-11-14-13-6-4-3-5-12(13)7-9-19-14/h3-6,8,10,14,18H,7,9,11H2,1-2H3. The SMILES string of the molecule is CC(C)(NCC1OCCc2ccccc21)c1nccs1. The molecular formula is C16H20N2OS. The zero-order valence-corrected chi connectivity index (χ0v) is 12.7. The maximum Gasteiger partial charge on any atom is 0.112 e. The summed E-state index contributed by atoms with van der Waals surface area (Å²) in [5, 5.41) is 6.73. The van der Waals surface area contributed by atoms with Crippen LogP contribution in [0.15, 0.2) is 35.8 Å². The van der Waals surface area contributed by atoms with Gasteiger partial charge in [0, 0.05) is 18.1 Å². The molecule has 1 N–H and O–H groups in total. The Kier molecular flexibility index (Phi) is 3.87. The Morgan fingerprint density at radius 1 is 1.40 bits per heavy atom. The molecule has 0 radical (unpaired) electrons. The molecule has 0 saturated heterocycles. The number of nitrogens with zero attached hydrogens (tertiary/aromatic N) is 1. The molecule has 2 heterocycles. The molecule has 1 aliphatic heterocycles. The number of hydrogen-bond donors (Lipinski definition) is 1. The van der Waals surface area contributed by atoms with E-state index in [1.165, 1.54) is 11.1 Å². The third-order valence-electron chi connectivity index (χ3n) is 3.79. The molecule has 3 rings (SSSR count). The van der Waals surface area contributed by atoms with Gasteiger partial charge in [-0.05, 0) is 31.4 Å². The van der Waals surface area contributed by atoms with Gasteiger partial charge in [-0.1, -0.05) is 24.3 Å². The van der Waals surface area contributed by atoms with Crippen molar-refractivity contribution in [3.05, 3.63) is 52.0 Å². The van der Waals surface area contributed by atoms with Gasteiger partial charge < -0.3 is 10.1 Å². The maximum absolute atomic E-state index is 5.94. The second-order valence-corrected chi connectivity index (χ2v) is 6.55. The van der Waals surface area contributed by atoms with E-state index in [9.17, 15) is 0 Å². The number of rotatable bonds is 4. The second kappa shape index (κ2) is 5.64. The minimum absolute atomic E-state index is 0.121. The van der Waals surface area contributed by atoms with Crippen molar-refractivity contribution in [2.75, 3.05) is 13.2 Å². The fourth-order valence-corrected chi connectivity index (χ4v) is 3.34. The molecule has 106 valence electrons. The maximum atomic E-state index is 5.94. The van der Waals surface area contributed by atoms with E-state index >= 15 is 0 Å². The van der Waals surface area contributed by atoms with Crippen LogP contribution in [0.4, 0.5) is 0 Å². The van der Waals surface area contributed by atoms with Gasteiger partial charge in [-0.15, -0.1) is 11.3 Å². The van der Waals surface area contributed by atoms with E-state index in [0.717, 1.165) is 24.6 Å². The van der Waals surface area contributed by atoms with Gasteiger partial charge in [0.15, 0.2) is 0 Å². The van der Waals surface area contributed by atoms with E-state index in [1.54, 1.807) is 11.3 Å². The second-order valence-electron chi connectivity index (χ2n) is 5.65. The smallest absolute Gasteiger partial charge is 0.112 e. The van der Waals surface area contributed by atoms with Gasteiger partial charge in [-0.2, -0.15) is 0 Å². The van der Waals surface area contributed by atoms with Crippen LogP contribution in [0.25, 0.3) is 0 Å². The van der Waals surface area contributed by atoms with Gasteiger partial charge in [0.25, 0.3) is 0 Å². The highest BCUT2D eigenvalue weighted by Crippen LogP contribution is 2.28. The Morgan fingerprint density at radius 2 is 2.25 bits per heavy atom. The van der Waals surface area contributed by atoms with Gasteiger partial charge in [-0.3, -0.25) is 0 Å². The molecule has 1 aliphatic rings. The summed E-state index contributed by atoms with van der Waals surface area (Å²) in [6.45, 7) is 5.95. The van der Waals surface area contributed by atoms with Crippen LogP contribution in [0.5, 0.6) is 0 Å². The van der Waals surface area contributed by atoms with Crippen molar-refractivity contribution in [2.24, 2.45) is 0 Å². The molecule has 2 aromatic rings. The van der Waals surface area contributed by atoms with Crippen LogP contribution in [0.2, 0.25) is 0 Å². The first-order valence-corrected chi connectivity index (χ1v) is 7.89. The van der Waals surface area contributed by atoms with E-state index < -0.39 is 0 Å². The topological polar surface area (TPSA) is 34.1 Å². The average molecular weight is 288 g/mol. The van der Waals surface area contributed by atoms with E-state index in [0.29, 0.717) is 0 Å². The van der Waals surface area contributed by atoms with E-state index in [4.69, 9.17) is 4.74 Å². The Balaban J connectivity index is 1.71. The lowest BCUT2D eigenvalue weighted by molar-refractivity contribution is 0.0376. The average Bonchev–Trinajstić information content (AvgIpc) is 3.00. The molecule has 1 unspecified atom stereocenters. The number of nitrogens with one attached hydrogen (secondary N) is 1. The minimum Gasteiger partial charge on any atom is -0.372 e. The number of hydrogen-bond acceptors (Lipinski definition) is 4. The van der Waals surface area contributed by atoms with Gasteiger partial charge in [-0.25, -0.2) is 4.98 Å². The molecule has 0 spiro atoms. The summed E-state index contributed by atoms with van der Waals surface area (Å²) >= 11 is 1.69. The number of ether oxygens (including phenoxy) is 1. The Hall–Kier alpha value is -1.23. The zero-order chi connectivity index (χ0) is 14.0. The fraction of sp³-hybridized carbons (Fsp3) is 0.438. The van der Waals surface area contributed by atoms with Gasteiger partial charge in [0.2, 0.25) is 0 Å². The largest absolute Gasteiger partial charge is 0.372 e. The van der Waals surface area contributed by atoms with Crippen molar-refractivity contribution in [3.8, 4) is 0 Å². The number of fused-ring (bicyclic) bond motifs is 1. The summed E-state index contributed by atoms with van der Waals surface area (Å²) in [4.78, 5) is 4.41. The summed E-state index contributed by atoms with van der Waals surface area (Å²) in [7, 11) is 0. The van der Waals surface area contributed by atoms with Crippen molar-refractivity contribution >= 4 is 11.3 Å². The first kappa shape index (κ1) is 13.7. The van der Waals surface area contributed by atoms with Crippen LogP contribution in [-0.4, -0.2) is 18.1 Å². The van der Waals surface area contributed by atoms with Crippen molar-refractivity contribution in [1.82, 2.24) is 10.3 Å². The molecule has 0 amide bonds. The van der Waals surface area contributed by atoms with Crippen LogP contribution >= 0.6 is 11.3 Å². The first-order chi connectivity index (χ1) is 9.67. The van der Waals surface area contributed by atoms with E-state index in [-0.39, 0.29) is 11.6 Å². The van der Waals surface area contributed by atoms with E-state index in [2.05, 4.69) is 48.4 Å². The molecule has 20 heavy (non-hydrogen) atoms. The fourth-order valence-electron chi connectivity index (χ4n) is 2.60. The summed E-state index contributed by atoms with van der Waals surface area (Å²) in [5.74, 6) is 0. The quantitative estimate of drug-likeness (QED) is 0.937. The normalized spacial score (nSPS) is 18.8. The summed E-state index contributed by atoms with van der Waals surface area (Å²) in [6.07, 6.45) is 3.01. The molecule has 0 bridgehead atoms. The highest BCUT2D eigenvalue weighted by molar-refractivity contribution is 7.09. The lowest BCUT2D eigenvalue weighted by Gasteiger charge is -2.30. The molecule has 1 atom stereocenters. The van der Waals surface area contributed by atoms with Crippen LogP contribution in [0.3, 0.4) is 0 Å². The van der Waals surface area contributed by atoms with Crippen LogP contribution in [-0.2, 0) is 16.7 Å². The predicted octanol–water partition coefficient (Wildman–Crippen LogP) is 3.28. The monoisotopic (exact) mass is 288 g/mol. The highest BCUT2D eigenvalue weighted by Gasteiger charge is 2.26.